The second-order valence-corrected chi connectivity index (χ2v) is 8.27. The number of hydrogen-bond donors (Lipinski definition) is 2. The lowest BCUT2D eigenvalue weighted by Gasteiger charge is -2.10. The summed E-state index contributed by atoms with van der Waals surface area (Å²) in [6.45, 7) is 5.89. The topological polar surface area (TPSA) is 87.6 Å². The summed E-state index contributed by atoms with van der Waals surface area (Å²) in [7, 11) is -3.86. The van der Waals surface area contributed by atoms with Crippen LogP contribution in [0.15, 0.2) is 58.5 Å². The molecule has 27 heavy (non-hydrogen) atoms. The average molecular weight is 408 g/mol. The van der Waals surface area contributed by atoms with Crippen LogP contribution in [0, 0.1) is 5.92 Å². The summed E-state index contributed by atoms with van der Waals surface area (Å²) in [5.41, 5.74) is 3.81. The largest absolute Gasteiger partial charge is 0.280 e. The highest BCUT2D eigenvalue weighted by Gasteiger charge is 2.17. The van der Waals surface area contributed by atoms with E-state index in [1.807, 2.05) is 20.8 Å². The molecule has 0 aromatic heterocycles. The van der Waals surface area contributed by atoms with E-state index in [0.29, 0.717) is 10.7 Å². The minimum absolute atomic E-state index is 0.0299. The van der Waals surface area contributed by atoms with Crippen molar-refractivity contribution in [2.24, 2.45) is 11.0 Å². The van der Waals surface area contributed by atoms with E-state index >= 15 is 0 Å². The highest BCUT2D eigenvalue weighted by atomic mass is 35.5. The molecule has 144 valence electrons. The molecule has 2 aromatic rings. The van der Waals surface area contributed by atoms with Gasteiger partial charge in [-0.3, -0.25) is 9.52 Å². The third-order valence-corrected chi connectivity index (χ3v) is 5.76. The minimum atomic E-state index is -3.86. The van der Waals surface area contributed by atoms with Crippen molar-refractivity contribution in [1.29, 1.82) is 0 Å². The fraction of sp³-hybridized carbons (Fsp3) is 0.263. The number of sulfonamides is 1. The molecule has 0 aliphatic carbocycles. The van der Waals surface area contributed by atoms with Gasteiger partial charge in [-0.05, 0) is 55.7 Å². The van der Waals surface area contributed by atoms with Gasteiger partial charge in [0.2, 0.25) is 0 Å². The number of anilines is 1. The standard InChI is InChI=1S/C19H22ClN3O3S/c1-4-13(2)14(3)21-22-19(24)15-7-5-10-18(11-15)27(25,26)23-17-9-6-8-16(20)12-17/h5-13,23H,4H2,1-3H3,(H,22,24)/b21-14-/t13-/m0/s1. The molecule has 1 atom stereocenters. The molecule has 1 amide bonds. The Morgan fingerprint density at radius 3 is 2.56 bits per heavy atom. The van der Waals surface area contributed by atoms with Crippen molar-refractivity contribution in [3.05, 3.63) is 59.1 Å². The SMILES string of the molecule is CC[C@H](C)/C(C)=N\NC(=O)c1cccc(S(=O)(=O)Nc2cccc(Cl)c2)c1. The normalized spacial score (nSPS) is 13.1. The number of carbonyl (C=O) groups is 1. The number of nitrogens with zero attached hydrogens (tertiary/aromatic N) is 1. The highest BCUT2D eigenvalue weighted by Crippen LogP contribution is 2.20. The van der Waals surface area contributed by atoms with Crippen molar-refractivity contribution >= 4 is 38.9 Å². The van der Waals surface area contributed by atoms with E-state index in [-0.39, 0.29) is 16.4 Å². The number of carbonyl (C=O) groups excluding carboxylic acids is 1. The zero-order valence-electron chi connectivity index (χ0n) is 15.4. The van der Waals surface area contributed by atoms with Gasteiger partial charge in [0, 0.05) is 16.3 Å². The van der Waals surface area contributed by atoms with Gasteiger partial charge in [0.05, 0.1) is 10.6 Å². The smallest absolute Gasteiger partial charge is 0.271 e. The summed E-state index contributed by atoms with van der Waals surface area (Å²) in [6.07, 6.45) is 0.911. The Balaban J connectivity index is 2.19. The van der Waals surface area contributed by atoms with Gasteiger partial charge < -0.3 is 0 Å². The van der Waals surface area contributed by atoms with Crippen molar-refractivity contribution in [2.75, 3.05) is 4.72 Å². The lowest BCUT2D eigenvalue weighted by molar-refractivity contribution is 0.0954. The van der Waals surface area contributed by atoms with Crippen LogP contribution in [0.3, 0.4) is 0 Å². The Bertz CT molecular complexity index is 958. The molecule has 2 aromatic carbocycles. The maximum absolute atomic E-state index is 12.6. The van der Waals surface area contributed by atoms with E-state index in [4.69, 9.17) is 11.6 Å². The van der Waals surface area contributed by atoms with Gasteiger partial charge in [-0.25, -0.2) is 13.8 Å². The Morgan fingerprint density at radius 2 is 1.89 bits per heavy atom. The average Bonchev–Trinajstić information content (AvgIpc) is 2.64. The van der Waals surface area contributed by atoms with Crippen molar-refractivity contribution in [3.8, 4) is 0 Å². The van der Waals surface area contributed by atoms with Crippen molar-refractivity contribution < 1.29 is 13.2 Å². The zero-order valence-corrected chi connectivity index (χ0v) is 16.9. The fourth-order valence-electron chi connectivity index (χ4n) is 2.18. The Kier molecular flexibility index (Phi) is 6.98. The maximum atomic E-state index is 12.6. The molecule has 0 bridgehead atoms. The summed E-state index contributed by atoms with van der Waals surface area (Å²) in [4.78, 5) is 12.3. The number of rotatable bonds is 7. The molecule has 0 fully saturated rings. The first-order valence-corrected chi connectivity index (χ1v) is 10.3. The second kappa shape index (κ2) is 9.01. The number of nitrogens with one attached hydrogen (secondary N) is 2. The molecule has 8 heteroatoms. The van der Waals surface area contributed by atoms with Crippen LogP contribution in [-0.4, -0.2) is 20.0 Å². The van der Waals surface area contributed by atoms with Gasteiger partial charge >= 0.3 is 0 Å². The number of hydrazone groups is 1. The molecule has 0 unspecified atom stereocenters. The summed E-state index contributed by atoms with van der Waals surface area (Å²) in [5, 5.41) is 4.49. The van der Waals surface area contributed by atoms with E-state index in [1.54, 1.807) is 18.2 Å². The predicted molar refractivity (Wildman–Crippen MR) is 109 cm³/mol. The summed E-state index contributed by atoms with van der Waals surface area (Å²) >= 11 is 5.88. The van der Waals surface area contributed by atoms with Gasteiger partial charge in [-0.1, -0.05) is 37.6 Å². The molecule has 6 nitrogen and oxygen atoms in total. The lowest BCUT2D eigenvalue weighted by Crippen LogP contribution is -2.21. The molecule has 0 saturated heterocycles. The molecule has 0 aliphatic rings. The molecule has 2 N–H and O–H groups in total. The van der Waals surface area contributed by atoms with Crippen LogP contribution in [-0.2, 0) is 10.0 Å². The molecule has 0 aliphatic heterocycles. The molecular formula is C19H22ClN3O3S. The van der Waals surface area contributed by atoms with Gasteiger partial charge in [0.15, 0.2) is 0 Å². The van der Waals surface area contributed by atoms with Gasteiger partial charge in [0.1, 0.15) is 0 Å². The van der Waals surface area contributed by atoms with Crippen molar-refractivity contribution in [1.82, 2.24) is 5.43 Å². The van der Waals surface area contributed by atoms with Crippen LogP contribution in [0.1, 0.15) is 37.6 Å². The molecule has 0 saturated carbocycles. The van der Waals surface area contributed by atoms with Gasteiger partial charge in [-0.15, -0.1) is 0 Å². The first-order chi connectivity index (χ1) is 12.7. The minimum Gasteiger partial charge on any atom is -0.280 e. The van der Waals surface area contributed by atoms with Crippen LogP contribution in [0.2, 0.25) is 5.02 Å². The number of hydrogen-bond acceptors (Lipinski definition) is 4. The number of benzene rings is 2. The Morgan fingerprint density at radius 1 is 1.19 bits per heavy atom. The third-order valence-electron chi connectivity index (χ3n) is 4.14. The maximum Gasteiger partial charge on any atom is 0.271 e. The van der Waals surface area contributed by atoms with Gasteiger partial charge in [0.25, 0.3) is 15.9 Å². The van der Waals surface area contributed by atoms with E-state index in [2.05, 4.69) is 15.2 Å². The number of amides is 1. The second-order valence-electron chi connectivity index (χ2n) is 6.15. The summed E-state index contributed by atoms with van der Waals surface area (Å²) in [6, 6.07) is 12.1. The monoisotopic (exact) mass is 407 g/mol. The Hall–Kier alpha value is -2.38. The number of halogens is 1. The van der Waals surface area contributed by atoms with Crippen molar-refractivity contribution in [2.45, 2.75) is 32.1 Å². The van der Waals surface area contributed by atoms with Crippen molar-refractivity contribution in [3.63, 3.8) is 0 Å². The fourth-order valence-corrected chi connectivity index (χ4v) is 3.46. The highest BCUT2D eigenvalue weighted by molar-refractivity contribution is 7.92. The van der Waals surface area contributed by atoms with Crippen LogP contribution >= 0.6 is 11.6 Å². The first kappa shape index (κ1) is 20.9. The summed E-state index contributed by atoms with van der Waals surface area (Å²) in [5.74, 6) is -0.226. The van der Waals surface area contributed by atoms with Crippen LogP contribution in [0.5, 0.6) is 0 Å². The van der Waals surface area contributed by atoms with Gasteiger partial charge in [-0.2, -0.15) is 5.10 Å². The van der Waals surface area contributed by atoms with Crippen LogP contribution in [0.4, 0.5) is 5.69 Å². The first-order valence-electron chi connectivity index (χ1n) is 8.46. The quantitative estimate of drug-likeness (QED) is 0.530. The Labute approximate surface area is 164 Å². The molecular weight excluding hydrogens is 386 g/mol. The zero-order chi connectivity index (χ0) is 20.0. The third kappa shape index (κ3) is 5.80. The summed E-state index contributed by atoms with van der Waals surface area (Å²) < 4.78 is 27.6. The van der Waals surface area contributed by atoms with E-state index in [0.717, 1.165) is 12.1 Å². The molecule has 0 spiro atoms. The predicted octanol–water partition coefficient (Wildman–Crippen LogP) is 4.29. The van der Waals surface area contributed by atoms with Crippen LogP contribution < -0.4 is 10.1 Å². The van der Waals surface area contributed by atoms with E-state index < -0.39 is 15.9 Å². The molecule has 0 heterocycles. The van der Waals surface area contributed by atoms with E-state index in [1.165, 1.54) is 30.3 Å². The van der Waals surface area contributed by atoms with E-state index in [9.17, 15) is 13.2 Å². The molecule has 2 rings (SSSR count). The lowest BCUT2D eigenvalue weighted by atomic mass is 10.1. The molecule has 0 radical (unpaired) electrons. The van der Waals surface area contributed by atoms with Crippen LogP contribution in [0.25, 0.3) is 0 Å².